The Morgan fingerprint density at radius 2 is 2.00 bits per heavy atom. The van der Waals surface area contributed by atoms with Crippen molar-refractivity contribution in [1.29, 1.82) is 0 Å². The molecule has 106 valence electrons. The number of benzene rings is 1. The Morgan fingerprint density at radius 1 is 1.30 bits per heavy atom. The highest BCUT2D eigenvalue weighted by molar-refractivity contribution is 6.00. The molecule has 0 saturated heterocycles. The van der Waals surface area contributed by atoms with E-state index in [0.29, 0.717) is 12.1 Å². The van der Waals surface area contributed by atoms with Gasteiger partial charge in [-0.15, -0.1) is 0 Å². The van der Waals surface area contributed by atoms with Gasteiger partial charge in [0.25, 0.3) is 0 Å². The molecule has 0 bridgehead atoms. The number of carboxylic acid groups (broad SMARTS) is 1. The zero-order valence-electron chi connectivity index (χ0n) is 10.5. The van der Waals surface area contributed by atoms with Gasteiger partial charge in [0.1, 0.15) is 0 Å². The van der Waals surface area contributed by atoms with Crippen molar-refractivity contribution in [2.75, 3.05) is 5.32 Å². The first kappa shape index (κ1) is 14.2. The molecule has 6 heteroatoms. The Hall–Kier alpha value is -2.24. The molecule has 1 aliphatic carbocycles. The molecule has 1 aromatic rings. The topological polar surface area (TPSA) is 66.4 Å². The molecule has 4 nitrogen and oxygen atoms in total. The van der Waals surface area contributed by atoms with Crippen LogP contribution >= 0.6 is 0 Å². The molecule has 1 amide bonds. The zero-order valence-corrected chi connectivity index (χ0v) is 10.5. The Kier molecular flexibility index (Phi) is 4.12. The predicted octanol–water partition coefficient (Wildman–Crippen LogP) is 2.96. The summed E-state index contributed by atoms with van der Waals surface area (Å²) in [5.74, 6) is -4.21. The lowest BCUT2D eigenvalue weighted by atomic mass is 10.0. The van der Waals surface area contributed by atoms with Crippen LogP contribution in [-0.2, 0) is 4.79 Å². The summed E-state index contributed by atoms with van der Waals surface area (Å²) in [5, 5.41) is 11.3. The van der Waals surface area contributed by atoms with Crippen molar-refractivity contribution in [2.45, 2.75) is 19.3 Å². The molecule has 0 saturated carbocycles. The van der Waals surface area contributed by atoms with Crippen LogP contribution in [0.15, 0.2) is 24.3 Å². The molecule has 2 N–H and O–H groups in total. The van der Waals surface area contributed by atoms with E-state index >= 15 is 0 Å². The van der Waals surface area contributed by atoms with E-state index in [9.17, 15) is 18.4 Å². The van der Waals surface area contributed by atoms with Gasteiger partial charge in [0, 0.05) is 12.5 Å². The standard InChI is InChI=1S/C14H13F2NO3/c15-10-6-9(14(19)20)12(7-11(10)16)17-13(18)5-8-3-1-2-4-8/h1,3,6-8H,2,4-5H2,(H,17,18)(H,19,20). The Bertz CT molecular complexity index is 584. The van der Waals surface area contributed by atoms with Crippen LogP contribution in [0.5, 0.6) is 0 Å². The summed E-state index contributed by atoms with van der Waals surface area (Å²) >= 11 is 0. The fourth-order valence-corrected chi connectivity index (χ4v) is 2.13. The number of anilines is 1. The minimum atomic E-state index is -1.43. The van der Waals surface area contributed by atoms with E-state index in [1.54, 1.807) is 0 Å². The van der Waals surface area contributed by atoms with Crippen LogP contribution in [0, 0.1) is 17.6 Å². The molecule has 0 fully saturated rings. The first-order valence-corrected chi connectivity index (χ1v) is 6.16. The van der Waals surface area contributed by atoms with Crippen LogP contribution in [0.2, 0.25) is 0 Å². The van der Waals surface area contributed by atoms with Gasteiger partial charge in [-0.25, -0.2) is 13.6 Å². The van der Waals surface area contributed by atoms with Crippen LogP contribution < -0.4 is 5.32 Å². The monoisotopic (exact) mass is 281 g/mol. The van der Waals surface area contributed by atoms with Gasteiger partial charge < -0.3 is 10.4 Å². The first-order chi connectivity index (χ1) is 9.47. The lowest BCUT2D eigenvalue weighted by Crippen LogP contribution is -2.17. The van der Waals surface area contributed by atoms with E-state index in [2.05, 4.69) is 5.32 Å². The van der Waals surface area contributed by atoms with Crippen molar-refractivity contribution < 1.29 is 23.5 Å². The summed E-state index contributed by atoms with van der Waals surface area (Å²) in [5.41, 5.74) is -0.706. The lowest BCUT2D eigenvalue weighted by molar-refractivity contribution is -0.116. The summed E-state index contributed by atoms with van der Waals surface area (Å²) in [6.07, 6.45) is 5.84. The third-order valence-corrected chi connectivity index (χ3v) is 3.12. The van der Waals surface area contributed by atoms with Gasteiger partial charge >= 0.3 is 5.97 Å². The normalized spacial score (nSPS) is 17.2. The second-order valence-corrected chi connectivity index (χ2v) is 4.63. The maximum atomic E-state index is 13.1. The van der Waals surface area contributed by atoms with Gasteiger partial charge in [-0.3, -0.25) is 4.79 Å². The number of rotatable bonds is 4. The maximum absolute atomic E-state index is 13.1. The predicted molar refractivity (Wildman–Crippen MR) is 68.4 cm³/mol. The Morgan fingerprint density at radius 3 is 2.60 bits per heavy atom. The van der Waals surface area contributed by atoms with Crippen LogP contribution in [-0.4, -0.2) is 17.0 Å². The SMILES string of the molecule is O=C(CC1C=CCC1)Nc1cc(F)c(F)cc1C(=O)O. The third-order valence-electron chi connectivity index (χ3n) is 3.12. The number of carbonyl (C=O) groups excluding carboxylic acids is 1. The van der Waals surface area contributed by atoms with Crippen LogP contribution in [0.4, 0.5) is 14.5 Å². The smallest absolute Gasteiger partial charge is 0.337 e. The number of hydrogen-bond acceptors (Lipinski definition) is 2. The quantitative estimate of drug-likeness (QED) is 0.834. The number of carboxylic acids is 1. The average molecular weight is 281 g/mol. The van der Waals surface area contributed by atoms with Crippen molar-refractivity contribution in [2.24, 2.45) is 5.92 Å². The van der Waals surface area contributed by atoms with E-state index < -0.39 is 29.1 Å². The summed E-state index contributed by atoms with van der Waals surface area (Å²) in [6, 6.07) is 1.24. The third kappa shape index (κ3) is 3.20. The largest absolute Gasteiger partial charge is 0.478 e. The molecule has 1 unspecified atom stereocenters. The average Bonchev–Trinajstić information content (AvgIpc) is 2.85. The second kappa shape index (κ2) is 5.81. The molecule has 1 aromatic carbocycles. The number of halogens is 2. The summed E-state index contributed by atoms with van der Waals surface area (Å²) in [6.45, 7) is 0. The number of hydrogen-bond donors (Lipinski definition) is 2. The summed E-state index contributed by atoms with van der Waals surface area (Å²) in [4.78, 5) is 22.7. The fourth-order valence-electron chi connectivity index (χ4n) is 2.13. The number of aromatic carboxylic acids is 1. The van der Waals surface area contributed by atoms with E-state index in [1.807, 2.05) is 12.2 Å². The first-order valence-electron chi connectivity index (χ1n) is 6.16. The fraction of sp³-hybridized carbons (Fsp3) is 0.286. The van der Waals surface area contributed by atoms with E-state index in [1.165, 1.54) is 0 Å². The van der Waals surface area contributed by atoms with Gasteiger partial charge in [-0.2, -0.15) is 0 Å². The molecule has 0 aromatic heterocycles. The molecular weight excluding hydrogens is 268 g/mol. The zero-order chi connectivity index (χ0) is 14.7. The number of carbonyl (C=O) groups is 2. The van der Waals surface area contributed by atoms with Crippen molar-refractivity contribution >= 4 is 17.6 Å². The molecule has 2 rings (SSSR count). The summed E-state index contributed by atoms with van der Waals surface area (Å²) in [7, 11) is 0. The van der Waals surface area contributed by atoms with Gasteiger partial charge in [-0.05, 0) is 24.8 Å². The van der Waals surface area contributed by atoms with Crippen molar-refractivity contribution in [3.8, 4) is 0 Å². The molecule has 0 heterocycles. The minimum absolute atomic E-state index is 0.105. The highest BCUT2D eigenvalue weighted by Gasteiger charge is 2.19. The molecule has 20 heavy (non-hydrogen) atoms. The van der Waals surface area contributed by atoms with Gasteiger partial charge in [0.2, 0.25) is 5.91 Å². The Labute approximate surface area is 114 Å². The van der Waals surface area contributed by atoms with E-state index in [-0.39, 0.29) is 18.0 Å². The van der Waals surface area contributed by atoms with Crippen LogP contribution in [0.3, 0.4) is 0 Å². The summed E-state index contributed by atoms with van der Waals surface area (Å²) < 4.78 is 26.2. The molecule has 0 radical (unpaired) electrons. The Balaban J connectivity index is 2.15. The van der Waals surface area contributed by atoms with Gasteiger partial charge in [-0.1, -0.05) is 12.2 Å². The van der Waals surface area contributed by atoms with Crippen LogP contribution in [0.25, 0.3) is 0 Å². The lowest BCUT2D eigenvalue weighted by Gasteiger charge is -2.11. The number of nitrogens with one attached hydrogen (secondary N) is 1. The maximum Gasteiger partial charge on any atom is 0.337 e. The molecule has 1 atom stereocenters. The van der Waals surface area contributed by atoms with Gasteiger partial charge in [0.05, 0.1) is 11.3 Å². The number of amides is 1. The number of allylic oxidation sites excluding steroid dienone is 2. The van der Waals surface area contributed by atoms with E-state index in [0.717, 1.165) is 12.8 Å². The van der Waals surface area contributed by atoms with Crippen molar-refractivity contribution in [1.82, 2.24) is 0 Å². The van der Waals surface area contributed by atoms with Crippen molar-refractivity contribution in [3.05, 3.63) is 41.5 Å². The van der Waals surface area contributed by atoms with Gasteiger partial charge in [0.15, 0.2) is 11.6 Å². The molecule has 0 aliphatic heterocycles. The second-order valence-electron chi connectivity index (χ2n) is 4.63. The molecule has 0 spiro atoms. The highest BCUT2D eigenvalue weighted by Crippen LogP contribution is 2.23. The highest BCUT2D eigenvalue weighted by atomic mass is 19.2. The molecular formula is C14H13F2NO3. The minimum Gasteiger partial charge on any atom is -0.478 e. The van der Waals surface area contributed by atoms with Crippen LogP contribution in [0.1, 0.15) is 29.6 Å². The van der Waals surface area contributed by atoms with Crippen molar-refractivity contribution in [3.63, 3.8) is 0 Å². The molecule has 1 aliphatic rings. The van der Waals surface area contributed by atoms with E-state index in [4.69, 9.17) is 5.11 Å².